The van der Waals surface area contributed by atoms with Crippen molar-refractivity contribution in [1.82, 2.24) is 0 Å². The molecule has 0 aliphatic rings. The van der Waals surface area contributed by atoms with Gasteiger partial charge in [0.25, 0.3) is 0 Å². The molecule has 0 bridgehead atoms. The zero-order valence-electron chi connectivity index (χ0n) is 11.4. The molecule has 0 heterocycles. The number of para-hydroxylation sites is 1. The van der Waals surface area contributed by atoms with Crippen molar-refractivity contribution >= 4 is 0 Å². The largest absolute Gasteiger partial charge is 0.490 e. The van der Waals surface area contributed by atoms with Gasteiger partial charge in [-0.1, -0.05) is 18.2 Å². The molecule has 0 aliphatic carbocycles. The van der Waals surface area contributed by atoms with Gasteiger partial charge in [0.15, 0.2) is 0 Å². The lowest BCUT2D eigenvalue weighted by Crippen LogP contribution is -2.24. The van der Waals surface area contributed by atoms with E-state index in [1.54, 1.807) is 26.2 Å². The lowest BCUT2D eigenvalue weighted by molar-refractivity contribution is -0.00460. The van der Waals surface area contributed by atoms with Gasteiger partial charge in [0.1, 0.15) is 18.5 Å². The van der Waals surface area contributed by atoms with E-state index in [0.29, 0.717) is 24.5 Å². The lowest BCUT2D eigenvalue weighted by atomic mass is 10.1. The standard InChI is InChI=1S/C14H22O5/c1-11(15)13-5-3-4-6-14(13)19-10-12(16)9-18-8-7-17-2/h3-6,11-12,15-16H,7-10H2,1-2H3/t11-,12?/m0/s1. The van der Waals surface area contributed by atoms with Crippen LogP contribution in [0.5, 0.6) is 5.75 Å². The van der Waals surface area contributed by atoms with Crippen molar-refractivity contribution in [1.29, 1.82) is 0 Å². The minimum absolute atomic E-state index is 0.122. The van der Waals surface area contributed by atoms with E-state index in [9.17, 15) is 10.2 Å². The minimum Gasteiger partial charge on any atom is -0.490 e. The maximum Gasteiger partial charge on any atom is 0.125 e. The van der Waals surface area contributed by atoms with Crippen molar-refractivity contribution in [2.45, 2.75) is 19.1 Å². The number of aliphatic hydroxyl groups excluding tert-OH is 2. The van der Waals surface area contributed by atoms with Gasteiger partial charge < -0.3 is 24.4 Å². The van der Waals surface area contributed by atoms with E-state index in [-0.39, 0.29) is 13.2 Å². The van der Waals surface area contributed by atoms with E-state index in [0.717, 1.165) is 0 Å². The van der Waals surface area contributed by atoms with Crippen LogP contribution in [0, 0.1) is 0 Å². The fourth-order valence-corrected chi connectivity index (χ4v) is 1.55. The summed E-state index contributed by atoms with van der Waals surface area (Å²) in [5, 5.41) is 19.3. The average Bonchev–Trinajstić information content (AvgIpc) is 2.41. The van der Waals surface area contributed by atoms with Gasteiger partial charge in [-0.15, -0.1) is 0 Å². The molecule has 0 fully saturated rings. The van der Waals surface area contributed by atoms with Gasteiger partial charge in [0.2, 0.25) is 0 Å². The third kappa shape index (κ3) is 6.02. The first-order valence-corrected chi connectivity index (χ1v) is 6.29. The predicted molar refractivity (Wildman–Crippen MR) is 71.3 cm³/mol. The summed E-state index contributed by atoms with van der Waals surface area (Å²) in [6.45, 7) is 2.93. The minimum atomic E-state index is -0.709. The van der Waals surface area contributed by atoms with Crippen LogP contribution in [-0.2, 0) is 9.47 Å². The van der Waals surface area contributed by atoms with Gasteiger partial charge >= 0.3 is 0 Å². The smallest absolute Gasteiger partial charge is 0.125 e. The summed E-state index contributed by atoms with van der Waals surface area (Å²) in [7, 11) is 1.59. The van der Waals surface area contributed by atoms with Gasteiger partial charge in [0, 0.05) is 12.7 Å². The zero-order chi connectivity index (χ0) is 14.1. The van der Waals surface area contributed by atoms with Crippen molar-refractivity contribution in [3.63, 3.8) is 0 Å². The second-order valence-electron chi connectivity index (χ2n) is 4.25. The molecule has 5 heteroatoms. The highest BCUT2D eigenvalue weighted by molar-refractivity contribution is 5.34. The van der Waals surface area contributed by atoms with E-state index in [1.807, 2.05) is 12.1 Å². The molecule has 1 rings (SSSR count). The summed E-state index contributed by atoms with van der Waals surface area (Å²) < 4.78 is 15.5. The zero-order valence-corrected chi connectivity index (χ0v) is 11.4. The van der Waals surface area contributed by atoms with Gasteiger partial charge in [-0.25, -0.2) is 0 Å². The topological polar surface area (TPSA) is 68.2 Å². The Kier molecular flexibility index (Phi) is 7.43. The molecular weight excluding hydrogens is 248 g/mol. The molecule has 5 nitrogen and oxygen atoms in total. The molecule has 2 atom stereocenters. The number of benzene rings is 1. The van der Waals surface area contributed by atoms with E-state index in [1.165, 1.54) is 0 Å². The highest BCUT2D eigenvalue weighted by atomic mass is 16.5. The van der Waals surface area contributed by atoms with Crippen molar-refractivity contribution in [3.05, 3.63) is 29.8 Å². The first kappa shape index (κ1) is 15.9. The predicted octanol–water partition coefficient (Wildman–Crippen LogP) is 1.14. The van der Waals surface area contributed by atoms with Crippen molar-refractivity contribution in [2.24, 2.45) is 0 Å². The molecule has 19 heavy (non-hydrogen) atoms. The maximum absolute atomic E-state index is 9.69. The molecule has 0 amide bonds. The highest BCUT2D eigenvalue weighted by Crippen LogP contribution is 2.24. The molecule has 2 N–H and O–H groups in total. The highest BCUT2D eigenvalue weighted by Gasteiger charge is 2.10. The number of ether oxygens (including phenoxy) is 3. The van der Waals surface area contributed by atoms with Crippen LogP contribution >= 0.6 is 0 Å². The summed E-state index contributed by atoms with van der Waals surface area (Å²) >= 11 is 0. The van der Waals surface area contributed by atoms with Crippen LogP contribution in [0.25, 0.3) is 0 Å². The van der Waals surface area contributed by atoms with Crippen molar-refractivity contribution < 1.29 is 24.4 Å². The third-order valence-electron chi connectivity index (χ3n) is 2.54. The fraction of sp³-hybridized carbons (Fsp3) is 0.571. The summed E-state index contributed by atoms with van der Waals surface area (Å²) in [4.78, 5) is 0. The molecule has 0 radical (unpaired) electrons. The SMILES string of the molecule is COCCOCC(O)COc1ccccc1[C@H](C)O. The van der Waals surface area contributed by atoms with Crippen molar-refractivity contribution in [3.8, 4) is 5.75 Å². The van der Waals surface area contributed by atoms with Crippen molar-refractivity contribution in [2.75, 3.05) is 33.5 Å². The van der Waals surface area contributed by atoms with Crippen LogP contribution in [0.3, 0.4) is 0 Å². The molecule has 1 aromatic rings. The number of rotatable bonds is 9. The number of methoxy groups -OCH3 is 1. The summed E-state index contributed by atoms with van der Waals surface area (Å²) in [6.07, 6.45) is -1.31. The normalized spacial score (nSPS) is 14.1. The molecule has 1 aromatic carbocycles. The maximum atomic E-state index is 9.69. The van der Waals surface area contributed by atoms with Crippen LogP contribution in [0.15, 0.2) is 24.3 Å². The van der Waals surface area contributed by atoms with E-state index < -0.39 is 12.2 Å². The monoisotopic (exact) mass is 270 g/mol. The van der Waals surface area contributed by atoms with Gasteiger partial charge in [-0.05, 0) is 13.0 Å². The second-order valence-corrected chi connectivity index (χ2v) is 4.25. The molecule has 0 aliphatic heterocycles. The number of hydrogen-bond donors (Lipinski definition) is 2. The van der Waals surface area contributed by atoms with Crippen LogP contribution in [0.2, 0.25) is 0 Å². The lowest BCUT2D eigenvalue weighted by Gasteiger charge is -2.16. The molecule has 0 aromatic heterocycles. The van der Waals surface area contributed by atoms with Gasteiger partial charge in [-0.3, -0.25) is 0 Å². The average molecular weight is 270 g/mol. The van der Waals surface area contributed by atoms with Gasteiger partial charge in [0.05, 0.1) is 25.9 Å². The molecular formula is C14H22O5. The van der Waals surface area contributed by atoms with E-state index in [4.69, 9.17) is 14.2 Å². The third-order valence-corrected chi connectivity index (χ3v) is 2.54. The number of aliphatic hydroxyl groups is 2. The molecule has 108 valence electrons. The van der Waals surface area contributed by atoms with E-state index >= 15 is 0 Å². The first-order valence-electron chi connectivity index (χ1n) is 6.29. The molecule has 0 saturated heterocycles. The second kappa shape index (κ2) is 8.87. The Balaban J connectivity index is 2.35. The summed E-state index contributed by atoms with van der Waals surface area (Å²) in [6, 6.07) is 7.21. The Morgan fingerprint density at radius 1 is 1.11 bits per heavy atom. The van der Waals surface area contributed by atoms with E-state index in [2.05, 4.69) is 0 Å². The molecule has 0 spiro atoms. The van der Waals surface area contributed by atoms with Crippen LogP contribution in [-0.4, -0.2) is 49.9 Å². The fourth-order valence-electron chi connectivity index (χ4n) is 1.55. The Morgan fingerprint density at radius 2 is 1.84 bits per heavy atom. The first-order chi connectivity index (χ1) is 9.15. The van der Waals surface area contributed by atoms with Crippen LogP contribution in [0.1, 0.15) is 18.6 Å². The summed E-state index contributed by atoms with van der Waals surface area (Å²) in [5.41, 5.74) is 0.704. The Hall–Kier alpha value is -1.14. The Morgan fingerprint density at radius 3 is 2.53 bits per heavy atom. The van der Waals surface area contributed by atoms with Crippen LogP contribution in [0.4, 0.5) is 0 Å². The Labute approximate surface area is 113 Å². The van der Waals surface area contributed by atoms with Crippen LogP contribution < -0.4 is 4.74 Å². The summed E-state index contributed by atoms with van der Waals surface area (Å²) in [5.74, 6) is 0.577. The Bertz CT molecular complexity index is 353. The van der Waals surface area contributed by atoms with Gasteiger partial charge in [-0.2, -0.15) is 0 Å². The molecule has 0 saturated carbocycles. The molecule has 1 unspecified atom stereocenters. The quantitative estimate of drug-likeness (QED) is 0.659. The number of hydrogen-bond acceptors (Lipinski definition) is 5.